The largest absolute Gasteiger partial charge is 0.394 e. The highest BCUT2D eigenvalue weighted by Gasteiger charge is 2.09. The van der Waals surface area contributed by atoms with Gasteiger partial charge in [0.15, 0.2) is 0 Å². The van der Waals surface area contributed by atoms with Crippen LogP contribution in [0.4, 0.5) is 10.1 Å². The van der Waals surface area contributed by atoms with Crippen LogP contribution in [0.15, 0.2) is 18.3 Å². The van der Waals surface area contributed by atoms with Crippen LogP contribution in [0.3, 0.4) is 0 Å². The first-order chi connectivity index (χ1) is 7.11. The van der Waals surface area contributed by atoms with Crippen LogP contribution in [0.25, 0.3) is 0 Å². The van der Waals surface area contributed by atoms with Crippen molar-refractivity contribution < 1.29 is 9.50 Å². The van der Waals surface area contributed by atoms with E-state index in [1.807, 2.05) is 0 Å². The van der Waals surface area contributed by atoms with Crippen molar-refractivity contribution in [3.05, 3.63) is 24.3 Å². The zero-order chi connectivity index (χ0) is 11.3. The molecule has 0 saturated heterocycles. The number of aliphatic hydroxyl groups excluding tert-OH is 1. The maximum atomic E-state index is 12.8. The second kappa shape index (κ2) is 5.66. The molecule has 1 atom stereocenters. The number of aliphatic hydroxyl groups is 1. The van der Waals surface area contributed by atoms with Gasteiger partial charge in [-0.3, -0.25) is 0 Å². The van der Waals surface area contributed by atoms with Gasteiger partial charge in [-0.2, -0.15) is 4.39 Å². The normalized spacial score (nSPS) is 12.9. The number of nitrogens with zero attached hydrogens (tertiary/aromatic N) is 1. The number of aromatic nitrogens is 1. The van der Waals surface area contributed by atoms with E-state index < -0.39 is 5.95 Å². The van der Waals surface area contributed by atoms with Crippen molar-refractivity contribution in [2.45, 2.75) is 26.3 Å². The molecule has 0 aliphatic carbocycles. The van der Waals surface area contributed by atoms with Crippen LogP contribution in [0.2, 0.25) is 0 Å². The fourth-order valence-electron chi connectivity index (χ4n) is 1.48. The summed E-state index contributed by atoms with van der Waals surface area (Å²) in [4.78, 5) is 3.46. The number of anilines is 1. The van der Waals surface area contributed by atoms with E-state index in [-0.39, 0.29) is 12.6 Å². The van der Waals surface area contributed by atoms with Crippen molar-refractivity contribution in [1.82, 2.24) is 4.98 Å². The molecule has 2 N–H and O–H groups in total. The molecule has 1 aromatic rings. The standard InChI is InChI=1S/C11H17FN2O/c1-8(2)5-10(7-15)14-9-3-4-13-11(12)6-9/h3-4,6,8,10,15H,5,7H2,1-2H3,(H,13,14). The maximum absolute atomic E-state index is 12.8. The summed E-state index contributed by atoms with van der Waals surface area (Å²) in [5.74, 6) is -0.0254. The molecule has 1 unspecified atom stereocenters. The average Bonchev–Trinajstić information content (AvgIpc) is 2.16. The van der Waals surface area contributed by atoms with E-state index in [2.05, 4.69) is 24.1 Å². The third-order valence-corrected chi connectivity index (χ3v) is 2.07. The van der Waals surface area contributed by atoms with Crippen LogP contribution in [0, 0.1) is 11.9 Å². The molecule has 15 heavy (non-hydrogen) atoms. The topological polar surface area (TPSA) is 45.1 Å². The molecule has 4 heteroatoms. The van der Waals surface area contributed by atoms with E-state index in [4.69, 9.17) is 5.11 Å². The first kappa shape index (κ1) is 11.9. The summed E-state index contributed by atoms with van der Waals surface area (Å²) in [6, 6.07) is 2.97. The minimum absolute atomic E-state index is 0.0354. The molecular weight excluding hydrogens is 195 g/mol. The Balaban J connectivity index is 2.58. The second-order valence-electron chi connectivity index (χ2n) is 4.02. The minimum atomic E-state index is -0.513. The Hall–Kier alpha value is -1.16. The number of nitrogens with one attached hydrogen (secondary N) is 1. The Morgan fingerprint density at radius 1 is 1.53 bits per heavy atom. The Morgan fingerprint density at radius 3 is 2.80 bits per heavy atom. The van der Waals surface area contributed by atoms with Crippen LogP contribution in [-0.4, -0.2) is 22.7 Å². The smallest absolute Gasteiger partial charge is 0.214 e. The molecule has 1 aromatic heterocycles. The van der Waals surface area contributed by atoms with Crippen molar-refractivity contribution in [2.24, 2.45) is 5.92 Å². The van der Waals surface area contributed by atoms with Crippen LogP contribution in [0.1, 0.15) is 20.3 Å². The summed E-state index contributed by atoms with van der Waals surface area (Å²) in [6.45, 7) is 4.21. The number of hydrogen-bond acceptors (Lipinski definition) is 3. The summed E-state index contributed by atoms with van der Waals surface area (Å²) >= 11 is 0. The van der Waals surface area contributed by atoms with Gasteiger partial charge in [0, 0.05) is 24.0 Å². The fourth-order valence-corrected chi connectivity index (χ4v) is 1.48. The number of pyridine rings is 1. The van der Waals surface area contributed by atoms with Gasteiger partial charge >= 0.3 is 0 Å². The van der Waals surface area contributed by atoms with Gasteiger partial charge in [-0.15, -0.1) is 0 Å². The highest BCUT2D eigenvalue weighted by atomic mass is 19.1. The molecule has 3 nitrogen and oxygen atoms in total. The molecule has 0 aliphatic heterocycles. The summed E-state index contributed by atoms with van der Waals surface area (Å²) in [5, 5.41) is 12.2. The molecule has 0 saturated carbocycles. The Bertz CT molecular complexity index is 304. The summed E-state index contributed by atoms with van der Waals surface area (Å²) in [7, 11) is 0. The molecule has 0 aromatic carbocycles. The van der Waals surface area contributed by atoms with E-state index in [1.165, 1.54) is 12.3 Å². The zero-order valence-corrected chi connectivity index (χ0v) is 9.07. The van der Waals surface area contributed by atoms with Crippen LogP contribution in [-0.2, 0) is 0 Å². The molecule has 0 fully saturated rings. The molecule has 0 spiro atoms. The van der Waals surface area contributed by atoms with E-state index in [9.17, 15) is 4.39 Å². The number of hydrogen-bond donors (Lipinski definition) is 2. The third kappa shape index (κ3) is 4.25. The first-order valence-corrected chi connectivity index (χ1v) is 5.10. The van der Waals surface area contributed by atoms with Gasteiger partial charge in [0.1, 0.15) is 0 Å². The van der Waals surface area contributed by atoms with Crippen LogP contribution in [0.5, 0.6) is 0 Å². The third-order valence-electron chi connectivity index (χ3n) is 2.07. The average molecular weight is 212 g/mol. The van der Waals surface area contributed by atoms with Crippen molar-refractivity contribution in [3.63, 3.8) is 0 Å². The van der Waals surface area contributed by atoms with Crippen LogP contribution < -0.4 is 5.32 Å². The number of rotatable bonds is 5. The highest BCUT2D eigenvalue weighted by molar-refractivity contribution is 5.42. The lowest BCUT2D eigenvalue weighted by atomic mass is 10.0. The molecule has 0 aliphatic rings. The molecular formula is C11H17FN2O. The van der Waals surface area contributed by atoms with Gasteiger partial charge in [0.2, 0.25) is 5.95 Å². The first-order valence-electron chi connectivity index (χ1n) is 5.10. The Kier molecular flexibility index (Phi) is 4.49. The molecule has 84 valence electrons. The van der Waals surface area contributed by atoms with Gasteiger partial charge in [0.05, 0.1) is 6.61 Å². The maximum Gasteiger partial charge on any atom is 0.214 e. The number of halogens is 1. The van der Waals surface area contributed by atoms with E-state index in [1.54, 1.807) is 6.07 Å². The molecule has 0 radical (unpaired) electrons. The van der Waals surface area contributed by atoms with Gasteiger partial charge in [0.25, 0.3) is 0 Å². The monoisotopic (exact) mass is 212 g/mol. The lowest BCUT2D eigenvalue weighted by Gasteiger charge is -2.19. The van der Waals surface area contributed by atoms with Crippen molar-refractivity contribution in [3.8, 4) is 0 Å². The van der Waals surface area contributed by atoms with E-state index in [0.717, 1.165) is 6.42 Å². The van der Waals surface area contributed by atoms with E-state index >= 15 is 0 Å². The lowest BCUT2D eigenvalue weighted by Crippen LogP contribution is -2.25. The molecule has 0 amide bonds. The fraction of sp³-hybridized carbons (Fsp3) is 0.545. The van der Waals surface area contributed by atoms with Crippen molar-refractivity contribution >= 4 is 5.69 Å². The Morgan fingerprint density at radius 2 is 2.27 bits per heavy atom. The summed E-state index contributed by atoms with van der Waals surface area (Å²) in [5.41, 5.74) is 0.655. The van der Waals surface area contributed by atoms with E-state index in [0.29, 0.717) is 11.6 Å². The molecule has 1 rings (SSSR count). The zero-order valence-electron chi connectivity index (χ0n) is 9.07. The van der Waals surface area contributed by atoms with Gasteiger partial charge in [-0.05, 0) is 18.4 Å². The predicted molar refractivity (Wildman–Crippen MR) is 58.1 cm³/mol. The lowest BCUT2D eigenvalue weighted by molar-refractivity contribution is 0.259. The quantitative estimate of drug-likeness (QED) is 0.734. The second-order valence-corrected chi connectivity index (χ2v) is 4.02. The van der Waals surface area contributed by atoms with Crippen LogP contribution >= 0.6 is 0 Å². The van der Waals surface area contributed by atoms with Gasteiger partial charge < -0.3 is 10.4 Å². The molecule has 1 heterocycles. The minimum Gasteiger partial charge on any atom is -0.394 e. The SMILES string of the molecule is CC(C)CC(CO)Nc1ccnc(F)c1. The summed E-state index contributed by atoms with van der Waals surface area (Å²) in [6.07, 6.45) is 2.25. The predicted octanol–water partition coefficient (Wildman–Crippen LogP) is 2.04. The summed E-state index contributed by atoms with van der Waals surface area (Å²) < 4.78 is 12.8. The van der Waals surface area contributed by atoms with Gasteiger partial charge in [-0.25, -0.2) is 4.98 Å². The Labute approximate surface area is 89.4 Å². The highest BCUT2D eigenvalue weighted by Crippen LogP contribution is 2.12. The van der Waals surface area contributed by atoms with Crippen molar-refractivity contribution in [2.75, 3.05) is 11.9 Å². The van der Waals surface area contributed by atoms with Gasteiger partial charge in [-0.1, -0.05) is 13.8 Å². The van der Waals surface area contributed by atoms with Crippen molar-refractivity contribution in [1.29, 1.82) is 0 Å². The molecule has 0 bridgehead atoms.